The van der Waals surface area contributed by atoms with Crippen LogP contribution in [0.4, 0.5) is 5.69 Å². The van der Waals surface area contributed by atoms with Crippen LogP contribution in [0, 0.1) is 5.92 Å². The Morgan fingerprint density at radius 3 is 2.29 bits per heavy atom. The number of hydrogen-bond donors (Lipinski definition) is 1. The van der Waals surface area contributed by atoms with Crippen molar-refractivity contribution in [3.05, 3.63) is 29.8 Å². The summed E-state index contributed by atoms with van der Waals surface area (Å²) >= 11 is 0. The van der Waals surface area contributed by atoms with Crippen LogP contribution >= 0.6 is 0 Å². The standard InChI is InChI=1S/C14H17NO5S/c1-9(20-14(17)11-3-4-11)13(16)10-5-7-12(8-6-10)15-21(2,18)19/h5-9,11,15H,3-4H2,1-2H3/t9-/m1/s1. The quantitative estimate of drug-likeness (QED) is 0.636. The summed E-state index contributed by atoms with van der Waals surface area (Å²) in [5, 5.41) is 0. The van der Waals surface area contributed by atoms with Gasteiger partial charge >= 0.3 is 5.97 Å². The lowest BCUT2D eigenvalue weighted by Gasteiger charge is -2.12. The van der Waals surface area contributed by atoms with Gasteiger partial charge in [0.25, 0.3) is 0 Å². The highest BCUT2D eigenvalue weighted by Crippen LogP contribution is 2.30. The number of carbonyl (C=O) groups excluding carboxylic acids is 2. The van der Waals surface area contributed by atoms with Gasteiger partial charge in [-0.3, -0.25) is 14.3 Å². The first-order valence-electron chi connectivity index (χ1n) is 6.59. The molecule has 1 fully saturated rings. The zero-order valence-electron chi connectivity index (χ0n) is 11.8. The average molecular weight is 311 g/mol. The van der Waals surface area contributed by atoms with Gasteiger partial charge < -0.3 is 4.74 Å². The Balaban J connectivity index is 2.00. The molecule has 1 N–H and O–H groups in total. The number of rotatable bonds is 6. The van der Waals surface area contributed by atoms with Gasteiger partial charge in [-0.15, -0.1) is 0 Å². The van der Waals surface area contributed by atoms with E-state index in [1.165, 1.54) is 31.2 Å². The van der Waals surface area contributed by atoms with Crippen LogP contribution in [0.2, 0.25) is 0 Å². The van der Waals surface area contributed by atoms with Crippen LogP contribution in [0.3, 0.4) is 0 Å². The summed E-state index contributed by atoms with van der Waals surface area (Å²) in [5.74, 6) is -0.692. The molecule has 0 bridgehead atoms. The topological polar surface area (TPSA) is 89.5 Å². The van der Waals surface area contributed by atoms with Crippen molar-refractivity contribution in [3.8, 4) is 0 Å². The molecule has 1 aliphatic carbocycles. The number of carbonyl (C=O) groups is 2. The molecule has 0 spiro atoms. The highest BCUT2D eigenvalue weighted by Gasteiger charge is 2.33. The van der Waals surface area contributed by atoms with E-state index < -0.39 is 16.1 Å². The van der Waals surface area contributed by atoms with Gasteiger partial charge in [-0.2, -0.15) is 0 Å². The molecule has 114 valence electrons. The van der Waals surface area contributed by atoms with E-state index in [9.17, 15) is 18.0 Å². The fourth-order valence-electron chi connectivity index (χ4n) is 1.79. The first-order chi connectivity index (χ1) is 9.76. The number of anilines is 1. The molecule has 1 saturated carbocycles. The third kappa shape index (κ3) is 4.56. The van der Waals surface area contributed by atoms with Crippen LogP contribution in [-0.4, -0.2) is 32.5 Å². The summed E-state index contributed by atoms with van der Waals surface area (Å²) in [5.41, 5.74) is 0.738. The van der Waals surface area contributed by atoms with E-state index in [1.807, 2.05) is 0 Å². The highest BCUT2D eigenvalue weighted by atomic mass is 32.2. The van der Waals surface area contributed by atoms with Crippen LogP contribution in [0.25, 0.3) is 0 Å². The van der Waals surface area contributed by atoms with Crippen LogP contribution in [-0.2, 0) is 19.6 Å². The number of benzene rings is 1. The molecular weight excluding hydrogens is 294 g/mol. The van der Waals surface area contributed by atoms with E-state index in [2.05, 4.69) is 4.72 Å². The summed E-state index contributed by atoms with van der Waals surface area (Å²) < 4.78 is 29.6. The average Bonchev–Trinajstić information content (AvgIpc) is 3.21. The largest absolute Gasteiger partial charge is 0.454 e. The van der Waals surface area contributed by atoms with Crippen molar-refractivity contribution in [2.24, 2.45) is 5.92 Å². The van der Waals surface area contributed by atoms with Gasteiger partial charge in [0.1, 0.15) is 0 Å². The van der Waals surface area contributed by atoms with E-state index in [0.717, 1.165) is 19.1 Å². The fourth-order valence-corrected chi connectivity index (χ4v) is 2.36. The molecular formula is C14H17NO5S. The summed E-state index contributed by atoms with van der Waals surface area (Å²) in [6.45, 7) is 1.53. The molecule has 0 aliphatic heterocycles. The molecule has 0 unspecified atom stereocenters. The van der Waals surface area contributed by atoms with Crippen LogP contribution in [0.5, 0.6) is 0 Å². The maximum Gasteiger partial charge on any atom is 0.309 e. The second-order valence-electron chi connectivity index (χ2n) is 5.17. The van der Waals surface area contributed by atoms with E-state index in [-0.39, 0.29) is 17.7 Å². The Bertz CT molecular complexity index is 646. The normalized spacial score (nSPS) is 16.1. The molecule has 1 aromatic rings. The van der Waals surface area contributed by atoms with Crippen LogP contribution in [0.1, 0.15) is 30.1 Å². The van der Waals surface area contributed by atoms with Crippen molar-refractivity contribution >= 4 is 27.5 Å². The third-order valence-corrected chi connectivity index (χ3v) is 3.65. The van der Waals surface area contributed by atoms with Crippen molar-refractivity contribution < 1.29 is 22.7 Å². The van der Waals surface area contributed by atoms with Gasteiger partial charge in [-0.25, -0.2) is 8.42 Å². The molecule has 1 aromatic carbocycles. The molecule has 0 amide bonds. The van der Waals surface area contributed by atoms with Gasteiger partial charge in [0.2, 0.25) is 15.8 Å². The molecule has 1 aliphatic rings. The lowest BCUT2D eigenvalue weighted by atomic mass is 10.1. The molecule has 2 rings (SSSR count). The van der Waals surface area contributed by atoms with Gasteiger partial charge in [0, 0.05) is 11.3 Å². The lowest BCUT2D eigenvalue weighted by molar-refractivity contribution is -0.147. The van der Waals surface area contributed by atoms with Crippen molar-refractivity contribution in [2.45, 2.75) is 25.9 Å². The number of esters is 1. The van der Waals surface area contributed by atoms with Crippen molar-refractivity contribution in [3.63, 3.8) is 0 Å². The van der Waals surface area contributed by atoms with Crippen molar-refractivity contribution in [1.29, 1.82) is 0 Å². The van der Waals surface area contributed by atoms with Crippen molar-refractivity contribution in [2.75, 3.05) is 11.0 Å². The maximum atomic E-state index is 12.1. The maximum absolute atomic E-state index is 12.1. The van der Waals surface area contributed by atoms with Crippen molar-refractivity contribution in [1.82, 2.24) is 0 Å². The Morgan fingerprint density at radius 2 is 1.81 bits per heavy atom. The zero-order valence-corrected chi connectivity index (χ0v) is 12.6. The molecule has 0 heterocycles. The molecule has 0 radical (unpaired) electrons. The van der Waals surface area contributed by atoms with Gasteiger partial charge in [0.05, 0.1) is 12.2 Å². The number of ketones is 1. The molecule has 0 saturated heterocycles. The first-order valence-corrected chi connectivity index (χ1v) is 8.48. The predicted molar refractivity (Wildman–Crippen MR) is 77.5 cm³/mol. The summed E-state index contributed by atoms with van der Waals surface area (Å²) in [4.78, 5) is 23.6. The minimum atomic E-state index is -3.35. The minimum Gasteiger partial charge on any atom is -0.454 e. The number of sulfonamides is 1. The number of hydrogen-bond acceptors (Lipinski definition) is 5. The zero-order chi connectivity index (χ0) is 15.6. The smallest absolute Gasteiger partial charge is 0.309 e. The third-order valence-electron chi connectivity index (χ3n) is 3.05. The first kappa shape index (κ1) is 15.5. The number of ether oxygens (including phenoxy) is 1. The SMILES string of the molecule is C[C@@H](OC(=O)C1CC1)C(=O)c1ccc(NS(C)(=O)=O)cc1. The Hall–Kier alpha value is -1.89. The summed E-state index contributed by atoms with van der Waals surface area (Å²) in [6, 6.07) is 5.97. The number of nitrogens with one attached hydrogen (secondary N) is 1. The van der Waals surface area contributed by atoms with Gasteiger partial charge in [0.15, 0.2) is 6.10 Å². The molecule has 6 nitrogen and oxygen atoms in total. The molecule has 7 heteroatoms. The molecule has 21 heavy (non-hydrogen) atoms. The number of Topliss-reactive ketones (excluding diaryl/α,β-unsaturated/α-hetero) is 1. The molecule has 1 atom stereocenters. The van der Waals surface area contributed by atoms with Gasteiger partial charge in [-0.05, 0) is 44.0 Å². The van der Waals surface area contributed by atoms with E-state index in [0.29, 0.717) is 11.3 Å². The van der Waals surface area contributed by atoms with Crippen LogP contribution in [0.15, 0.2) is 24.3 Å². The second-order valence-corrected chi connectivity index (χ2v) is 6.92. The highest BCUT2D eigenvalue weighted by molar-refractivity contribution is 7.92. The Kier molecular flexibility index (Phi) is 4.32. The lowest BCUT2D eigenvalue weighted by Crippen LogP contribution is -2.25. The van der Waals surface area contributed by atoms with E-state index in [4.69, 9.17) is 4.74 Å². The predicted octanol–water partition coefficient (Wildman–Crippen LogP) is 1.58. The second kappa shape index (κ2) is 5.85. The summed E-state index contributed by atoms with van der Waals surface area (Å²) in [7, 11) is -3.35. The monoisotopic (exact) mass is 311 g/mol. The van der Waals surface area contributed by atoms with Crippen LogP contribution < -0.4 is 4.72 Å². The van der Waals surface area contributed by atoms with E-state index in [1.54, 1.807) is 0 Å². The van der Waals surface area contributed by atoms with E-state index >= 15 is 0 Å². The fraction of sp³-hybridized carbons (Fsp3) is 0.429. The van der Waals surface area contributed by atoms with Gasteiger partial charge in [-0.1, -0.05) is 0 Å². The Morgan fingerprint density at radius 1 is 1.24 bits per heavy atom. The molecule has 0 aromatic heterocycles. The minimum absolute atomic E-state index is 0.0541. The summed E-state index contributed by atoms with van der Waals surface area (Å²) in [6.07, 6.45) is 1.86. The Labute approximate surface area is 123 Å².